The number of aryl methyl sites for hydroxylation is 3. The van der Waals surface area contributed by atoms with Crippen LogP contribution in [0, 0.1) is 0 Å². The van der Waals surface area contributed by atoms with E-state index in [-0.39, 0.29) is 5.56 Å². The maximum Gasteiger partial charge on any atom is 0.332 e. The zero-order valence-electron chi connectivity index (χ0n) is 15.1. The fraction of sp³-hybridized carbons (Fsp3) is 0.389. The van der Waals surface area contributed by atoms with Crippen LogP contribution in [0.2, 0.25) is 0 Å². The fourth-order valence-electron chi connectivity index (χ4n) is 2.92. The summed E-state index contributed by atoms with van der Waals surface area (Å²) >= 11 is 0. The standard InChI is InChI=1S/C18H23N5O3/c1-12(24)11-19-17-20-15-14(16(25)22(3)18(26)21(15)2)23(17)10-9-13-7-5-4-6-8-13/h4-8,12,24H,9-11H2,1-3H3,(H,19,20)/t12-/m1/s1. The summed E-state index contributed by atoms with van der Waals surface area (Å²) < 4.78 is 4.23. The van der Waals surface area contributed by atoms with E-state index < -0.39 is 11.8 Å². The van der Waals surface area contributed by atoms with Crippen LogP contribution in [0.15, 0.2) is 39.9 Å². The monoisotopic (exact) mass is 357 g/mol. The molecule has 138 valence electrons. The first-order chi connectivity index (χ1) is 12.4. The van der Waals surface area contributed by atoms with E-state index in [1.54, 1.807) is 18.5 Å². The maximum absolute atomic E-state index is 12.7. The van der Waals surface area contributed by atoms with Gasteiger partial charge in [-0.25, -0.2) is 4.79 Å². The third kappa shape index (κ3) is 3.28. The quantitative estimate of drug-likeness (QED) is 0.669. The van der Waals surface area contributed by atoms with Gasteiger partial charge in [0.25, 0.3) is 5.56 Å². The molecule has 3 rings (SSSR count). The number of anilines is 1. The van der Waals surface area contributed by atoms with Crippen molar-refractivity contribution >= 4 is 17.1 Å². The molecule has 8 heteroatoms. The van der Waals surface area contributed by atoms with Gasteiger partial charge < -0.3 is 15.0 Å². The molecule has 1 atom stereocenters. The van der Waals surface area contributed by atoms with E-state index in [0.717, 1.165) is 10.1 Å². The molecule has 2 N–H and O–H groups in total. The van der Waals surface area contributed by atoms with Crippen molar-refractivity contribution in [3.8, 4) is 0 Å². The van der Waals surface area contributed by atoms with Gasteiger partial charge in [-0.2, -0.15) is 4.98 Å². The first kappa shape index (κ1) is 17.9. The molecule has 0 radical (unpaired) electrons. The molecule has 1 aromatic carbocycles. The van der Waals surface area contributed by atoms with Gasteiger partial charge in [0.1, 0.15) is 0 Å². The molecular formula is C18H23N5O3. The number of hydrogen-bond acceptors (Lipinski definition) is 5. The van der Waals surface area contributed by atoms with Crippen molar-refractivity contribution in [1.82, 2.24) is 18.7 Å². The van der Waals surface area contributed by atoms with Gasteiger partial charge in [0, 0.05) is 27.2 Å². The molecule has 0 amide bonds. The number of benzene rings is 1. The molecule has 0 aliphatic heterocycles. The van der Waals surface area contributed by atoms with E-state index in [1.807, 2.05) is 30.3 Å². The summed E-state index contributed by atoms with van der Waals surface area (Å²) in [5.74, 6) is 0.468. The highest BCUT2D eigenvalue weighted by atomic mass is 16.3. The van der Waals surface area contributed by atoms with Crippen LogP contribution in [0.1, 0.15) is 12.5 Å². The third-order valence-electron chi connectivity index (χ3n) is 4.37. The van der Waals surface area contributed by atoms with Crippen LogP contribution in [0.4, 0.5) is 5.95 Å². The fourth-order valence-corrected chi connectivity index (χ4v) is 2.92. The lowest BCUT2D eigenvalue weighted by atomic mass is 10.1. The molecule has 0 saturated heterocycles. The van der Waals surface area contributed by atoms with E-state index in [4.69, 9.17) is 0 Å². The van der Waals surface area contributed by atoms with Crippen LogP contribution in [0.25, 0.3) is 11.2 Å². The highest BCUT2D eigenvalue weighted by molar-refractivity contribution is 5.74. The summed E-state index contributed by atoms with van der Waals surface area (Å²) in [6.45, 7) is 2.48. The number of imidazole rings is 1. The van der Waals surface area contributed by atoms with E-state index in [1.165, 1.54) is 11.6 Å². The Hall–Kier alpha value is -2.87. The molecule has 0 bridgehead atoms. The van der Waals surface area contributed by atoms with Gasteiger partial charge in [-0.1, -0.05) is 30.3 Å². The Morgan fingerprint density at radius 3 is 2.50 bits per heavy atom. The number of nitrogens with zero attached hydrogens (tertiary/aromatic N) is 4. The highest BCUT2D eigenvalue weighted by Crippen LogP contribution is 2.17. The van der Waals surface area contributed by atoms with Crippen LogP contribution < -0.4 is 16.6 Å². The maximum atomic E-state index is 12.7. The van der Waals surface area contributed by atoms with Gasteiger partial charge in [-0.05, 0) is 18.9 Å². The first-order valence-corrected chi connectivity index (χ1v) is 8.52. The second kappa shape index (κ2) is 7.17. The van der Waals surface area contributed by atoms with Crippen LogP contribution >= 0.6 is 0 Å². The molecule has 2 aromatic heterocycles. The smallest absolute Gasteiger partial charge is 0.332 e. The average molecular weight is 357 g/mol. The third-order valence-corrected chi connectivity index (χ3v) is 4.37. The molecule has 0 spiro atoms. The lowest BCUT2D eigenvalue weighted by Crippen LogP contribution is -2.37. The van der Waals surface area contributed by atoms with Gasteiger partial charge in [-0.15, -0.1) is 0 Å². The largest absolute Gasteiger partial charge is 0.392 e. The Labute approximate surface area is 150 Å². The summed E-state index contributed by atoms with van der Waals surface area (Å²) in [6, 6.07) is 9.94. The summed E-state index contributed by atoms with van der Waals surface area (Å²) in [4.78, 5) is 29.3. The van der Waals surface area contributed by atoms with Gasteiger partial charge in [-0.3, -0.25) is 13.9 Å². The number of aliphatic hydroxyl groups is 1. The Balaban J connectivity index is 2.11. The van der Waals surface area contributed by atoms with Crippen molar-refractivity contribution in [1.29, 1.82) is 0 Å². The minimum Gasteiger partial charge on any atom is -0.392 e. The first-order valence-electron chi connectivity index (χ1n) is 8.52. The predicted molar refractivity (Wildman–Crippen MR) is 101 cm³/mol. The molecule has 2 heterocycles. The zero-order valence-corrected chi connectivity index (χ0v) is 15.1. The van der Waals surface area contributed by atoms with Crippen molar-refractivity contribution in [2.24, 2.45) is 14.1 Å². The van der Waals surface area contributed by atoms with Crippen molar-refractivity contribution in [3.05, 3.63) is 56.7 Å². The van der Waals surface area contributed by atoms with Crippen LogP contribution in [-0.2, 0) is 27.1 Å². The lowest BCUT2D eigenvalue weighted by molar-refractivity contribution is 0.208. The normalized spacial score (nSPS) is 12.5. The lowest BCUT2D eigenvalue weighted by Gasteiger charge is -2.12. The van der Waals surface area contributed by atoms with Crippen LogP contribution in [-0.4, -0.2) is 36.4 Å². The number of rotatable bonds is 6. The van der Waals surface area contributed by atoms with Crippen molar-refractivity contribution in [3.63, 3.8) is 0 Å². The number of hydrogen-bond donors (Lipinski definition) is 2. The summed E-state index contributed by atoms with van der Waals surface area (Å²) in [7, 11) is 3.05. The predicted octanol–water partition coefficient (Wildman–Crippen LogP) is 0.469. The second-order valence-corrected chi connectivity index (χ2v) is 6.43. The Bertz CT molecular complexity index is 1030. The second-order valence-electron chi connectivity index (χ2n) is 6.43. The van der Waals surface area contributed by atoms with Crippen molar-refractivity contribution in [2.75, 3.05) is 11.9 Å². The summed E-state index contributed by atoms with van der Waals surface area (Å²) in [5, 5.41) is 12.6. The van der Waals surface area contributed by atoms with Gasteiger partial charge in [0.15, 0.2) is 11.2 Å². The SMILES string of the molecule is C[C@@H](O)CNc1nc2c(c(=O)n(C)c(=O)n2C)n1CCc1ccccc1. The summed E-state index contributed by atoms with van der Waals surface area (Å²) in [6.07, 6.45) is 0.144. The number of fused-ring (bicyclic) bond motifs is 1. The highest BCUT2D eigenvalue weighted by Gasteiger charge is 2.19. The van der Waals surface area contributed by atoms with E-state index in [9.17, 15) is 14.7 Å². The van der Waals surface area contributed by atoms with Gasteiger partial charge in [0.05, 0.1) is 6.10 Å². The Kier molecular flexibility index (Phi) is 4.94. The summed E-state index contributed by atoms with van der Waals surface area (Å²) in [5.41, 5.74) is 1.04. The molecule has 0 saturated carbocycles. The van der Waals surface area contributed by atoms with Gasteiger partial charge in [0.2, 0.25) is 5.95 Å². The molecule has 0 fully saturated rings. The number of nitrogens with one attached hydrogen (secondary N) is 1. The topological polar surface area (TPSA) is 94.1 Å². The minimum absolute atomic E-state index is 0.295. The van der Waals surface area contributed by atoms with Gasteiger partial charge >= 0.3 is 5.69 Å². The molecule has 3 aromatic rings. The van der Waals surface area contributed by atoms with Crippen molar-refractivity contribution in [2.45, 2.75) is 26.0 Å². The molecule has 0 unspecified atom stereocenters. The minimum atomic E-state index is -0.566. The van der Waals surface area contributed by atoms with E-state index in [0.29, 0.717) is 36.6 Å². The van der Waals surface area contributed by atoms with Crippen molar-refractivity contribution < 1.29 is 5.11 Å². The number of aromatic nitrogens is 4. The Morgan fingerprint density at radius 2 is 1.85 bits per heavy atom. The molecule has 8 nitrogen and oxygen atoms in total. The van der Waals surface area contributed by atoms with E-state index in [2.05, 4.69) is 10.3 Å². The molecule has 0 aliphatic rings. The van der Waals surface area contributed by atoms with Crippen LogP contribution in [0.5, 0.6) is 0 Å². The number of aliphatic hydroxyl groups excluding tert-OH is 1. The molecular weight excluding hydrogens is 334 g/mol. The van der Waals surface area contributed by atoms with Crippen LogP contribution in [0.3, 0.4) is 0 Å². The zero-order chi connectivity index (χ0) is 18.8. The Morgan fingerprint density at radius 1 is 1.15 bits per heavy atom. The molecule has 26 heavy (non-hydrogen) atoms. The molecule has 0 aliphatic carbocycles. The average Bonchev–Trinajstić information content (AvgIpc) is 3.00. The van der Waals surface area contributed by atoms with E-state index >= 15 is 0 Å².